The number of halogens is 1. The molecule has 6 rings (SSSR count). The molecule has 1 aromatic carbocycles. The molecule has 3 aromatic heterocycles. The van der Waals surface area contributed by atoms with Crippen LogP contribution in [-0.2, 0) is 0 Å². The molecule has 0 radical (unpaired) electrons. The highest BCUT2D eigenvalue weighted by molar-refractivity contribution is 14.2. The number of nitrogens with zero attached hydrogens (tertiary/aromatic N) is 5. The number of hydrogen-bond acceptors (Lipinski definition) is 9. The van der Waals surface area contributed by atoms with Crippen LogP contribution in [0.2, 0.25) is 0 Å². The van der Waals surface area contributed by atoms with Gasteiger partial charge < -0.3 is 20.4 Å². The van der Waals surface area contributed by atoms with Crippen LogP contribution in [-0.4, -0.2) is 72.1 Å². The van der Waals surface area contributed by atoms with Gasteiger partial charge in [-0.2, -0.15) is 0 Å². The fraction of sp³-hybridized carbons (Fsp3) is 0.280. The van der Waals surface area contributed by atoms with Crippen molar-refractivity contribution >= 4 is 79.9 Å². The molecule has 2 aliphatic heterocycles. The van der Waals surface area contributed by atoms with E-state index in [1.807, 2.05) is 24.3 Å². The number of benzene rings is 1. The van der Waals surface area contributed by atoms with E-state index < -0.39 is 0 Å². The summed E-state index contributed by atoms with van der Waals surface area (Å²) in [6.45, 7) is 5.11. The average Bonchev–Trinajstić information content (AvgIpc) is 3.19. The highest BCUT2D eigenvalue weighted by atomic mass is 127. The first-order chi connectivity index (χ1) is 17.6. The summed E-state index contributed by atoms with van der Waals surface area (Å²) in [5.74, 6) is 4.56. The second-order valence-electron chi connectivity index (χ2n) is 8.72. The molecule has 11 heteroatoms. The lowest BCUT2D eigenvalue weighted by atomic mass is 10.1. The first-order valence-electron chi connectivity index (χ1n) is 11.6. The zero-order chi connectivity index (χ0) is 24.6. The van der Waals surface area contributed by atoms with Gasteiger partial charge in [-0.15, -0.1) is 11.3 Å². The summed E-state index contributed by atoms with van der Waals surface area (Å²) in [7, 11) is 3.58. The maximum atomic E-state index is 12.5. The Morgan fingerprint density at radius 3 is 2.72 bits per heavy atom. The van der Waals surface area contributed by atoms with Crippen molar-refractivity contribution in [1.82, 2.24) is 25.2 Å². The number of thiophene rings is 1. The Labute approximate surface area is 228 Å². The molecule has 1 amide bonds. The topological polar surface area (TPSA) is 86.3 Å². The molecule has 0 atom stereocenters. The minimum Gasteiger partial charge on any atom is -0.381 e. The van der Waals surface area contributed by atoms with Crippen LogP contribution in [0.3, 0.4) is 0 Å². The Hall–Kier alpha value is -2.66. The number of anilines is 2. The third kappa shape index (κ3) is 4.47. The van der Waals surface area contributed by atoms with Gasteiger partial charge in [-0.05, 0) is 51.4 Å². The first-order valence-corrected chi connectivity index (χ1v) is 15.8. The summed E-state index contributed by atoms with van der Waals surface area (Å²) in [5.41, 5.74) is 3.13. The second-order valence-corrected chi connectivity index (χ2v) is 11.5. The number of aromatic nitrogens is 3. The lowest BCUT2D eigenvalue weighted by Gasteiger charge is -2.33. The van der Waals surface area contributed by atoms with Gasteiger partial charge >= 0.3 is 0 Å². The van der Waals surface area contributed by atoms with Crippen molar-refractivity contribution in [1.29, 1.82) is 0 Å². The molecular formula is C25H22IN7OS2. The third-order valence-corrected chi connectivity index (χ3v) is 8.42. The maximum Gasteiger partial charge on any atom is 0.263 e. The van der Waals surface area contributed by atoms with E-state index in [2.05, 4.69) is 65.9 Å². The fourth-order valence-corrected chi connectivity index (χ4v) is 6.17. The van der Waals surface area contributed by atoms with Crippen molar-refractivity contribution in [2.75, 3.05) is 56.5 Å². The third-order valence-electron chi connectivity index (χ3n) is 6.43. The number of nitrogens with one attached hydrogen (secondary N) is 2. The van der Waals surface area contributed by atoms with Crippen LogP contribution in [0.25, 0.3) is 32.5 Å². The molecular weight excluding hydrogens is 605 g/mol. The van der Waals surface area contributed by atoms with Crippen molar-refractivity contribution in [2.24, 2.45) is 0 Å². The summed E-state index contributed by atoms with van der Waals surface area (Å²) in [6.07, 6.45) is 0. The molecule has 4 aromatic rings. The van der Waals surface area contributed by atoms with Gasteiger partial charge in [0.05, 0.1) is 11.2 Å². The summed E-state index contributed by atoms with van der Waals surface area (Å²) >= 11 is 3.68. The standard InChI is InChI=1S/C25H22IN7OS2/c1-32-9-11-33(12-10-32)20-14-15(6-13-35-26)29-24(31-20)18-3-2-16-17(30-18)4-5-19-21(16)22-23(36-19)25(34)28-8-7-27-22/h2-5,14,27H,7-12H2,1H3,(H,28,34). The quantitative estimate of drug-likeness (QED) is 0.253. The van der Waals surface area contributed by atoms with Gasteiger partial charge in [0.1, 0.15) is 22.1 Å². The number of amides is 1. The van der Waals surface area contributed by atoms with Crippen LogP contribution in [0.15, 0.2) is 30.3 Å². The van der Waals surface area contributed by atoms with Crippen LogP contribution in [0.5, 0.6) is 0 Å². The first kappa shape index (κ1) is 23.7. The van der Waals surface area contributed by atoms with E-state index >= 15 is 0 Å². The Morgan fingerprint density at radius 1 is 1.06 bits per heavy atom. The van der Waals surface area contributed by atoms with E-state index in [0.717, 1.165) is 63.6 Å². The minimum atomic E-state index is -0.0265. The number of rotatable bonds is 2. The summed E-state index contributed by atoms with van der Waals surface area (Å²) in [6, 6.07) is 10.0. The summed E-state index contributed by atoms with van der Waals surface area (Å²) in [4.78, 5) is 32.5. The van der Waals surface area contributed by atoms with Gasteiger partial charge in [0.15, 0.2) is 5.82 Å². The van der Waals surface area contributed by atoms with Gasteiger partial charge in [-0.1, -0.05) is 0 Å². The molecule has 0 unspecified atom stereocenters. The Kier molecular flexibility index (Phi) is 6.59. The highest BCUT2D eigenvalue weighted by Gasteiger charge is 2.23. The van der Waals surface area contributed by atoms with Crippen LogP contribution >= 0.6 is 41.5 Å². The Balaban J connectivity index is 1.45. The maximum absolute atomic E-state index is 12.5. The van der Waals surface area contributed by atoms with E-state index in [0.29, 0.717) is 30.3 Å². The highest BCUT2D eigenvalue weighted by Crippen LogP contribution is 2.40. The van der Waals surface area contributed by atoms with E-state index in [1.54, 1.807) is 0 Å². The smallest absolute Gasteiger partial charge is 0.263 e. The van der Waals surface area contributed by atoms with Crippen LogP contribution in [0, 0.1) is 11.2 Å². The van der Waals surface area contributed by atoms with Crippen molar-refractivity contribution in [2.45, 2.75) is 0 Å². The predicted molar refractivity (Wildman–Crippen MR) is 157 cm³/mol. The van der Waals surface area contributed by atoms with Gasteiger partial charge in [0.25, 0.3) is 5.91 Å². The van der Waals surface area contributed by atoms with E-state index in [1.165, 1.54) is 20.3 Å². The van der Waals surface area contributed by atoms with Crippen LogP contribution in [0.1, 0.15) is 15.4 Å². The minimum absolute atomic E-state index is 0.0265. The Morgan fingerprint density at radius 2 is 1.89 bits per heavy atom. The van der Waals surface area contributed by atoms with E-state index in [4.69, 9.17) is 15.0 Å². The van der Waals surface area contributed by atoms with E-state index in [9.17, 15) is 4.79 Å². The molecule has 0 bridgehead atoms. The summed E-state index contributed by atoms with van der Waals surface area (Å²) < 4.78 is 1.06. The number of carbonyl (C=O) groups is 1. The van der Waals surface area contributed by atoms with Gasteiger partial charge in [-0.25, -0.2) is 15.0 Å². The molecule has 36 heavy (non-hydrogen) atoms. The molecule has 0 saturated carbocycles. The second kappa shape index (κ2) is 10.0. The van der Waals surface area contributed by atoms with Crippen molar-refractivity contribution in [3.8, 4) is 22.7 Å². The molecule has 8 nitrogen and oxygen atoms in total. The average molecular weight is 628 g/mol. The molecule has 0 spiro atoms. The molecule has 1 fully saturated rings. The molecule has 2 N–H and O–H groups in total. The molecule has 1 saturated heterocycles. The zero-order valence-electron chi connectivity index (χ0n) is 19.5. The van der Waals surface area contributed by atoms with E-state index in [-0.39, 0.29) is 5.91 Å². The van der Waals surface area contributed by atoms with Crippen molar-refractivity contribution < 1.29 is 4.79 Å². The van der Waals surface area contributed by atoms with Crippen molar-refractivity contribution in [3.05, 3.63) is 40.9 Å². The van der Waals surface area contributed by atoms with Crippen LogP contribution in [0.4, 0.5) is 11.5 Å². The van der Waals surface area contributed by atoms with Gasteiger partial charge in [-0.3, -0.25) is 4.79 Å². The van der Waals surface area contributed by atoms with Crippen molar-refractivity contribution in [3.63, 3.8) is 0 Å². The monoisotopic (exact) mass is 627 g/mol. The Bertz CT molecular complexity index is 1550. The fourth-order valence-electron chi connectivity index (χ4n) is 4.58. The molecule has 0 aliphatic carbocycles. The zero-order valence-corrected chi connectivity index (χ0v) is 23.3. The molecule has 5 heterocycles. The number of hydrogen-bond donors (Lipinski definition) is 2. The predicted octanol–water partition coefficient (Wildman–Crippen LogP) is 4.21. The molecule has 2 aliphatic rings. The SMILES string of the molecule is CN1CCN(c2cc(C#CSI)nc(-c3ccc4c(ccc5sc6c(c54)NCCNC6=O)n3)n2)CC1. The molecule has 182 valence electrons. The number of fused-ring (bicyclic) bond motifs is 5. The number of carbonyl (C=O) groups excluding carboxylic acids is 1. The number of likely N-dealkylation sites (N-methyl/N-ethyl adjacent to an activating group) is 1. The lowest BCUT2D eigenvalue weighted by molar-refractivity contribution is 0.0962. The van der Waals surface area contributed by atoms with Gasteiger partial charge in [0, 0.05) is 82.0 Å². The lowest BCUT2D eigenvalue weighted by Crippen LogP contribution is -2.44. The number of piperazine rings is 1. The van der Waals surface area contributed by atoms with Gasteiger partial charge in [0.2, 0.25) is 0 Å². The summed E-state index contributed by atoms with van der Waals surface area (Å²) in [5, 5.41) is 11.5. The largest absolute Gasteiger partial charge is 0.381 e. The van der Waals surface area contributed by atoms with Crippen LogP contribution < -0.4 is 15.5 Å². The number of pyridine rings is 1. The normalized spacial score (nSPS) is 16.2.